The van der Waals surface area contributed by atoms with Crippen LogP contribution in [0.2, 0.25) is 0 Å². The SMILES string of the molecule is O=C(O)C(O)Cc1ccc(Br)cc1. The lowest BCUT2D eigenvalue weighted by atomic mass is 10.1. The van der Waals surface area contributed by atoms with E-state index in [1.165, 1.54) is 0 Å². The molecule has 0 amide bonds. The molecule has 70 valence electrons. The maximum atomic E-state index is 10.3. The largest absolute Gasteiger partial charge is 0.479 e. The first-order valence-corrected chi connectivity index (χ1v) is 4.54. The van der Waals surface area contributed by atoms with Crippen molar-refractivity contribution < 1.29 is 15.0 Å². The maximum Gasteiger partial charge on any atom is 0.332 e. The third-order valence-corrected chi connectivity index (χ3v) is 2.16. The molecule has 0 bridgehead atoms. The Balaban J connectivity index is 2.64. The second-order valence-electron chi connectivity index (χ2n) is 2.68. The van der Waals surface area contributed by atoms with Gasteiger partial charge in [-0.2, -0.15) is 0 Å². The first-order chi connectivity index (χ1) is 6.09. The molecule has 0 aliphatic heterocycles. The summed E-state index contributed by atoms with van der Waals surface area (Å²) >= 11 is 3.26. The minimum absolute atomic E-state index is 0.141. The molecule has 2 N–H and O–H groups in total. The molecule has 0 saturated carbocycles. The molecule has 1 atom stereocenters. The zero-order valence-corrected chi connectivity index (χ0v) is 8.36. The van der Waals surface area contributed by atoms with Gasteiger partial charge in [-0.1, -0.05) is 28.1 Å². The van der Waals surface area contributed by atoms with Crippen LogP contribution in [-0.2, 0) is 11.2 Å². The Hall–Kier alpha value is -0.870. The number of carboxylic acid groups (broad SMARTS) is 1. The number of aliphatic hydroxyl groups excluding tert-OH is 1. The molecule has 0 heterocycles. The summed E-state index contributed by atoms with van der Waals surface area (Å²) in [7, 11) is 0. The minimum atomic E-state index is -1.32. The highest BCUT2D eigenvalue weighted by Gasteiger charge is 2.12. The molecule has 1 aromatic carbocycles. The molecule has 4 heteroatoms. The molecule has 1 aromatic rings. The Morgan fingerprint density at radius 3 is 2.38 bits per heavy atom. The van der Waals surface area contributed by atoms with Gasteiger partial charge in [0.15, 0.2) is 6.10 Å². The molecular formula is C9H9BrO3. The molecular weight excluding hydrogens is 236 g/mol. The fourth-order valence-electron chi connectivity index (χ4n) is 0.931. The predicted molar refractivity (Wildman–Crippen MR) is 51.5 cm³/mol. The second-order valence-corrected chi connectivity index (χ2v) is 3.60. The van der Waals surface area contributed by atoms with Gasteiger partial charge in [0, 0.05) is 10.9 Å². The van der Waals surface area contributed by atoms with Crippen molar-refractivity contribution in [1.82, 2.24) is 0 Å². The molecule has 1 rings (SSSR count). The summed E-state index contributed by atoms with van der Waals surface area (Å²) in [5.74, 6) is -1.19. The van der Waals surface area contributed by atoms with E-state index >= 15 is 0 Å². The standard InChI is InChI=1S/C9H9BrO3/c10-7-3-1-6(2-4-7)5-8(11)9(12)13/h1-4,8,11H,5H2,(H,12,13). The number of aliphatic carboxylic acids is 1. The van der Waals surface area contributed by atoms with Crippen molar-refractivity contribution >= 4 is 21.9 Å². The third-order valence-electron chi connectivity index (χ3n) is 1.63. The molecule has 3 nitrogen and oxygen atoms in total. The number of carboxylic acids is 1. The second kappa shape index (κ2) is 4.39. The fraction of sp³-hybridized carbons (Fsp3) is 0.222. The Morgan fingerprint density at radius 2 is 1.92 bits per heavy atom. The lowest BCUT2D eigenvalue weighted by Crippen LogP contribution is -2.21. The van der Waals surface area contributed by atoms with E-state index in [4.69, 9.17) is 10.2 Å². The summed E-state index contributed by atoms with van der Waals surface area (Å²) < 4.78 is 0.932. The zero-order valence-electron chi connectivity index (χ0n) is 6.77. The van der Waals surface area contributed by atoms with Crippen LogP contribution in [0.3, 0.4) is 0 Å². The van der Waals surface area contributed by atoms with Gasteiger partial charge in [-0.15, -0.1) is 0 Å². The summed E-state index contributed by atoms with van der Waals surface area (Å²) in [5.41, 5.74) is 0.804. The van der Waals surface area contributed by atoms with Crippen LogP contribution in [0.15, 0.2) is 28.7 Å². The van der Waals surface area contributed by atoms with Crippen molar-refractivity contribution in [3.8, 4) is 0 Å². The lowest BCUT2D eigenvalue weighted by Gasteiger charge is -2.04. The van der Waals surface area contributed by atoms with Gasteiger partial charge >= 0.3 is 5.97 Å². The molecule has 0 fully saturated rings. The Kier molecular flexibility index (Phi) is 3.45. The van der Waals surface area contributed by atoms with Crippen LogP contribution < -0.4 is 0 Å². The number of benzene rings is 1. The van der Waals surface area contributed by atoms with Crippen LogP contribution in [0, 0.1) is 0 Å². The fourth-order valence-corrected chi connectivity index (χ4v) is 1.20. The van der Waals surface area contributed by atoms with Crippen molar-refractivity contribution in [1.29, 1.82) is 0 Å². The van der Waals surface area contributed by atoms with Crippen LogP contribution in [0.5, 0.6) is 0 Å². The van der Waals surface area contributed by atoms with Crippen LogP contribution in [0.4, 0.5) is 0 Å². The normalized spacial score (nSPS) is 12.5. The first-order valence-electron chi connectivity index (χ1n) is 3.75. The summed E-state index contributed by atoms with van der Waals surface area (Å²) in [6.45, 7) is 0. The molecule has 0 saturated heterocycles. The van der Waals surface area contributed by atoms with Gasteiger partial charge in [0.1, 0.15) is 0 Å². The van der Waals surface area contributed by atoms with Crippen molar-refractivity contribution in [2.75, 3.05) is 0 Å². The molecule has 0 spiro atoms. The first kappa shape index (κ1) is 10.2. The minimum Gasteiger partial charge on any atom is -0.479 e. The number of hydrogen-bond donors (Lipinski definition) is 2. The third kappa shape index (κ3) is 3.16. The average Bonchev–Trinajstić information content (AvgIpc) is 2.08. The molecule has 1 unspecified atom stereocenters. The van der Waals surface area contributed by atoms with Crippen LogP contribution in [0.1, 0.15) is 5.56 Å². The Labute approximate surface area is 84.1 Å². The van der Waals surface area contributed by atoms with E-state index in [0.717, 1.165) is 10.0 Å². The average molecular weight is 245 g/mol. The van der Waals surface area contributed by atoms with Gasteiger partial charge in [0.05, 0.1) is 0 Å². The Bertz CT molecular complexity index is 294. The van der Waals surface area contributed by atoms with Gasteiger partial charge in [-0.25, -0.2) is 4.79 Å². The zero-order chi connectivity index (χ0) is 9.84. The van der Waals surface area contributed by atoms with Crippen molar-refractivity contribution in [2.24, 2.45) is 0 Å². The van der Waals surface area contributed by atoms with E-state index in [1.807, 2.05) is 12.1 Å². The maximum absolute atomic E-state index is 10.3. The van der Waals surface area contributed by atoms with Crippen molar-refractivity contribution in [3.63, 3.8) is 0 Å². The number of carbonyl (C=O) groups is 1. The highest BCUT2D eigenvalue weighted by Crippen LogP contribution is 2.11. The quantitative estimate of drug-likeness (QED) is 0.847. The van der Waals surface area contributed by atoms with E-state index in [0.29, 0.717) is 0 Å². The van der Waals surface area contributed by atoms with Crippen molar-refractivity contribution in [3.05, 3.63) is 34.3 Å². The number of hydrogen-bond acceptors (Lipinski definition) is 2. The van der Waals surface area contributed by atoms with Gasteiger partial charge < -0.3 is 10.2 Å². The van der Waals surface area contributed by atoms with Crippen LogP contribution in [0.25, 0.3) is 0 Å². The Morgan fingerprint density at radius 1 is 1.38 bits per heavy atom. The van der Waals surface area contributed by atoms with E-state index < -0.39 is 12.1 Å². The molecule has 0 aliphatic carbocycles. The summed E-state index contributed by atoms with van der Waals surface area (Å²) in [6, 6.07) is 7.17. The number of halogens is 1. The van der Waals surface area contributed by atoms with Gasteiger partial charge in [0.25, 0.3) is 0 Å². The van der Waals surface area contributed by atoms with Crippen LogP contribution in [-0.4, -0.2) is 22.3 Å². The lowest BCUT2D eigenvalue weighted by molar-refractivity contribution is -0.146. The summed E-state index contributed by atoms with van der Waals surface area (Å²) in [6.07, 6.45) is -1.18. The van der Waals surface area contributed by atoms with Crippen molar-refractivity contribution in [2.45, 2.75) is 12.5 Å². The molecule has 13 heavy (non-hydrogen) atoms. The summed E-state index contributed by atoms with van der Waals surface area (Å²) in [5, 5.41) is 17.5. The number of aliphatic hydroxyl groups is 1. The van der Waals surface area contributed by atoms with E-state index in [9.17, 15) is 4.79 Å². The van der Waals surface area contributed by atoms with Gasteiger partial charge in [0.2, 0.25) is 0 Å². The van der Waals surface area contributed by atoms with E-state index in [2.05, 4.69) is 15.9 Å². The highest BCUT2D eigenvalue weighted by atomic mass is 79.9. The highest BCUT2D eigenvalue weighted by molar-refractivity contribution is 9.10. The van der Waals surface area contributed by atoms with Crippen LogP contribution >= 0.6 is 15.9 Å². The summed E-state index contributed by atoms with van der Waals surface area (Å²) in [4.78, 5) is 10.3. The monoisotopic (exact) mass is 244 g/mol. The predicted octanol–water partition coefficient (Wildman–Crippen LogP) is 1.44. The molecule has 0 radical (unpaired) electrons. The van der Waals surface area contributed by atoms with Gasteiger partial charge in [-0.3, -0.25) is 0 Å². The molecule has 0 aromatic heterocycles. The molecule has 0 aliphatic rings. The smallest absolute Gasteiger partial charge is 0.332 e. The van der Waals surface area contributed by atoms with E-state index in [1.54, 1.807) is 12.1 Å². The van der Waals surface area contributed by atoms with Gasteiger partial charge in [-0.05, 0) is 17.7 Å². The number of rotatable bonds is 3. The van der Waals surface area contributed by atoms with E-state index in [-0.39, 0.29) is 6.42 Å². The topological polar surface area (TPSA) is 57.5 Å².